The van der Waals surface area contributed by atoms with Crippen molar-refractivity contribution in [2.24, 2.45) is 5.73 Å². The van der Waals surface area contributed by atoms with Gasteiger partial charge < -0.3 is 10.5 Å². The number of hydrogen-bond donors (Lipinski definition) is 1. The average Bonchev–Trinajstić information content (AvgIpc) is 2.46. The van der Waals surface area contributed by atoms with Crippen molar-refractivity contribution in [1.29, 1.82) is 0 Å². The van der Waals surface area contributed by atoms with E-state index in [0.29, 0.717) is 31.0 Å². The maximum absolute atomic E-state index is 13.0. The molecule has 0 aliphatic carbocycles. The van der Waals surface area contributed by atoms with Crippen molar-refractivity contribution >= 4 is 10.0 Å². The van der Waals surface area contributed by atoms with Crippen LogP contribution in [0.3, 0.4) is 0 Å². The Morgan fingerprint density at radius 3 is 2.48 bits per heavy atom. The average molecular weight is 314 g/mol. The lowest BCUT2D eigenvalue weighted by molar-refractivity contribution is 0.171. The van der Waals surface area contributed by atoms with Crippen LogP contribution in [0.4, 0.5) is 0 Å². The topological polar surface area (TPSA) is 72.6 Å². The molecule has 0 radical (unpaired) electrons. The lowest BCUT2D eigenvalue weighted by Crippen LogP contribution is -2.39. The molecule has 0 aliphatic rings. The Labute approximate surface area is 128 Å². The minimum Gasteiger partial charge on any atom is -0.383 e. The highest BCUT2D eigenvalue weighted by atomic mass is 32.2. The van der Waals surface area contributed by atoms with Gasteiger partial charge in [0.25, 0.3) is 0 Å². The van der Waals surface area contributed by atoms with E-state index in [1.807, 2.05) is 32.9 Å². The van der Waals surface area contributed by atoms with E-state index in [1.165, 1.54) is 4.31 Å². The van der Waals surface area contributed by atoms with Crippen LogP contribution >= 0.6 is 0 Å². The standard InChI is InChI=1S/C15H26N2O3S/c1-5-14-7-6-13(11-16)10-15(14)21(18,19)17(12(2)3)8-9-20-4/h6-7,10,12H,5,8-9,11,16H2,1-4H3. The van der Waals surface area contributed by atoms with Crippen LogP contribution in [0, 0.1) is 0 Å². The highest BCUT2D eigenvalue weighted by Gasteiger charge is 2.28. The number of ether oxygens (including phenoxy) is 1. The van der Waals surface area contributed by atoms with Gasteiger partial charge in [-0.25, -0.2) is 8.42 Å². The SMILES string of the molecule is CCc1ccc(CN)cc1S(=O)(=O)N(CCOC)C(C)C. The molecule has 0 saturated carbocycles. The summed E-state index contributed by atoms with van der Waals surface area (Å²) >= 11 is 0. The normalized spacial score (nSPS) is 12.3. The molecule has 0 atom stereocenters. The summed E-state index contributed by atoms with van der Waals surface area (Å²) in [5.41, 5.74) is 7.28. The molecule has 0 fully saturated rings. The highest BCUT2D eigenvalue weighted by Crippen LogP contribution is 2.24. The number of aryl methyl sites for hydroxylation is 1. The fourth-order valence-corrected chi connectivity index (χ4v) is 4.19. The van der Waals surface area contributed by atoms with Crippen molar-refractivity contribution in [3.63, 3.8) is 0 Å². The number of rotatable bonds is 8. The van der Waals surface area contributed by atoms with Gasteiger partial charge in [0, 0.05) is 26.2 Å². The molecule has 0 bridgehead atoms. The zero-order chi connectivity index (χ0) is 16.0. The van der Waals surface area contributed by atoms with Crippen LogP contribution < -0.4 is 5.73 Å². The Balaban J connectivity index is 3.32. The van der Waals surface area contributed by atoms with Crippen molar-refractivity contribution in [1.82, 2.24) is 4.31 Å². The molecule has 0 unspecified atom stereocenters. The van der Waals surface area contributed by atoms with Crippen LogP contribution in [0.2, 0.25) is 0 Å². The second-order valence-electron chi connectivity index (χ2n) is 5.20. The van der Waals surface area contributed by atoms with Gasteiger partial charge in [0.05, 0.1) is 11.5 Å². The predicted molar refractivity (Wildman–Crippen MR) is 84.6 cm³/mol. The van der Waals surface area contributed by atoms with Crippen LogP contribution in [0.25, 0.3) is 0 Å². The second kappa shape index (κ2) is 7.89. The van der Waals surface area contributed by atoms with Gasteiger partial charge in [-0.15, -0.1) is 0 Å². The van der Waals surface area contributed by atoms with Crippen molar-refractivity contribution in [2.75, 3.05) is 20.3 Å². The molecule has 0 saturated heterocycles. The van der Waals surface area contributed by atoms with E-state index in [4.69, 9.17) is 10.5 Å². The molecule has 5 nitrogen and oxygen atoms in total. The van der Waals surface area contributed by atoms with E-state index in [2.05, 4.69) is 0 Å². The fraction of sp³-hybridized carbons (Fsp3) is 0.600. The summed E-state index contributed by atoms with van der Waals surface area (Å²) in [4.78, 5) is 0.359. The molecule has 0 spiro atoms. The molecule has 6 heteroatoms. The maximum Gasteiger partial charge on any atom is 0.243 e. The summed E-state index contributed by atoms with van der Waals surface area (Å²) in [6, 6.07) is 5.30. The minimum absolute atomic E-state index is 0.128. The summed E-state index contributed by atoms with van der Waals surface area (Å²) in [7, 11) is -1.98. The Morgan fingerprint density at radius 1 is 1.33 bits per heavy atom. The van der Waals surface area contributed by atoms with Crippen LogP contribution in [-0.2, 0) is 27.7 Å². The van der Waals surface area contributed by atoms with Crippen LogP contribution in [0.5, 0.6) is 0 Å². The molecule has 2 N–H and O–H groups in total. The van der Waals surface area contributed by atoms with Gasteiger partial charge in [-0.05, 0) is 37.5 Å². The first-order valence-electron chi connectivity index (χ1n) is 7.21. The summed E-state index contributed by atoms with van der Waals surface area (Å²) in [6.45, 7) is 6.72. The van der Waals surface area contributed by atoms with Gasteiger partial charge in [-0.1, -0.05) is 19.1 Å². The molecule has 1 aromatic carbocycles. The van der Waals surface area contributed by atoms with Crippen molar-refractivity contribution in [2.45, 2.75) is 44.7 Å². The van der Waals surface area contributed by atoms with Gasteiger partial charge in [-0.2, -0.15) is 4.31 Å². The van der Waals surface area contributed by atoms with E-state index >= 15 is 0 Å². The molecule has 120 valence electrons. The summed E-state index contributed by atoms with van der Waals surface area (Å²) in [5.74, 6) is 0. The number of benzene rings is 1. The van der Waals surface area contributed by atoms with E-state index in [-0.39, 0.29) is 6.04 Å². The summed E-state index contributed by atoms with van der Waals surface area (Å²) < 4.78 is 32.4. The predicted octanol–water partition coefficient (Wildman–Crippen LogP) is 1.75. The largest absolute Gasteiger partial charge is 0.383 e. The number of nitrogens with two attached hydrogens (primary N) is 1. The smallest absolute Gasteiger partial charge is 0.243 e. The van der Waals surface area contributed by atoms with Crippen LogP contribution in [0.1, 0.15) is 31.9 Å². The molecule has 0 aromatic heterocycles. The summed E-state index contributed by atoms with van der Waals surface area (Å²) in [5, 5.41) is 0. The zero-order valence-electron chi connectivity index (χ0n) is 13.3. The highest BCUT2D eigenvalue weighted by molar-refractivity contribution is 7.89. The number of sulfonamides is 1. The minimum atomic E-state index is -3.55. The second-order valence-corrected chi connectivity index (χ2v) is 7.06. The molecule has 0 heterocycles. The third-order valence-corrected chi connectivity index (χ3v) is 5.58. The van der Waals surface area contributed by atoms with Gasteiger partial charge in [0.2, 0.25) is 10.0 Å². The van der Waals surface area contributed by atoms with E-state index in [0.717, 1.165) is 11.1 Å². The number of hydrogen-bond acceptors (Lipinski definition) is 4. The third kappa shape index (κ3) is 4.26. The Hall–Kier alpha value is -0.950. The van der Waals surface area contributed by atoms with Gasteiger partial charge in [-0.3, -0.25) is 0 Å². The Bertz CT molecular complexity index is 556. The number of nitrogens with zero attached hydrogens (tertiary/aromatic N) is 1. The zero-order valence-corrected chi connectivity index (χ0v) is 14.1. The van der Waals surface area contributed by atoms with Crippen molar-refractivity contribution in [3.05, 3.63) is 29.3 Å². The maximum atomic E-state index is 13.0. The quantitative estimate of drug-likeness (QED) is 0.793. The first kappa shape index (κ1) is 18.1. The first-order valence-corrected chi connectivity index (χ1v) is 8.65. The van der Waals surface area contributed by atoms with E-state index in [9.17, 15) is 8.42 Å². The van der Waals surface area contributed by atoms with E-state index < -0.39 is 10.0 Å². The summed E-state index contributed by atoms with van der Waals surface area (Å²) in [6.07, 6.45) is 0.662. The molecule has 21 heavy (non-hydrogen) atoms. The lowest BCUT2D eigenvalue weighted by atomic mass is 10.1. The first-order chi connectivity index (χ1) is 9.88. The van der Waals surface area contributed by atoms with Gasteiger partial charge in [0.1, 0.15) is 0 Å². The molecular weight excluding hydrogens is 288 g/mol. The fourth-order valence-electron chi connectivity index (χ4n) is 2.22. The molecule has 1 aromatic rings. The molecular formula is C15H26N2O3S. The molecule has 1 rings (SSSR count). The van der Waals surface area contributed by atoms with Crippen LogP contribution in [0.15, 0.2) is 23.1 Å². The Kier molecular flexibility index (Phi) is 6.80. The molecule has 0 aliphatic heterocycles. The van der Waals surface area contributed by atoms with E-state index in [1.54, 1.807) is 13.2 Å². The third-order valence-electron chi connectivity index (χ3n) is 3.43. The van der Waals surface area contributed by atoms with Crippen molar-refractivity contribution < 1.29 is 13.2 Å². The van der Waals surface area contributed by atoms with Gasteiger partial charge in [0.15, 0.2) is 0 Å². The lowest BCUT2D eigenvalue weighted by Gasteiger charge is -2.27. The van der Waals surface area contributed by atoms with Crippen molar-refractivity contribution in [3.8, 4) is 0 Å². The Morgan fingerprint density at radius 2 is 2.00 bits per heavy atom. The van der Waals surface area contributed by atoms with Gasteiger partial charge >= 0.3 is 0 Å². The van der Waals surface area contributed by atoms with Crippen LogP contribution in [-0.4, -0.2) is 39.0 Å². The number of methoxy groups -OCH3 is 1. The monoisotopic (exact) mass is 314 g/mol. The molecule has 0 amide bonds.